The van der Waals surface area contributed by atoms with Gasteiger partial charge in [0.05, 0.1) is 25.5 Å². The molecule has 2 N–H and O–H groups in total. The maximum atomic E-state index is 13.0. The number of carbonyl (C=O) groups is 2. The Hall–Kier alpha value is -4.06. The van der Waals surface area contributed by atoms with Crippen LogP contribution in [0.1, 0.15) is 30.0 Å². The first-order chi connectivity index (χ1) is 19.3. The number of nitrogens with one attached hydrogen (secondary N) is 1. The van der Waals surface area contributed by atoms with E-state index in [9.17, 15) is 23.1 Å². The average molecular weight is 567 g/mol. The zero-order valence-corrected chi connectivity index (χ0v) is 23.2. The van der Waals surface area contributed by atoms with Crippen LogP contribution in [-0.4, -0.2) is 75.6 Å². The van der Waals surface area contributed by atoms with E-state index in [2.05, 4.69) is 10.3 Å². The molecule has 2 aromatic carbocycles. The third-order valence-electron chi connectivity index (χ3n) is 6.65. The fourth-order valence-electron chi connectivity index (χ4n) is 4.72. The van der Waals surface area contributed by atoms with Crippen LogP contribution >= 0.6 is 0 Å². The molecule has 0 bridgehead atoms. The van der Waals surface area contributed by atoms with Crippen molar-refractivity contribution in [3.63, 3.8) is 0 Å². The molecule has 0 fully saturated rings. The van der Waals surface area contributed by atoms with Crippen LogP contribution in [0.5, 0.6) is 0 Å². The molecule has 2 atom stereocenters. The summed E-state index contributed by atoms with van der Waals surface area (Å²) in [7, 11) is 0.484. The molecule has 0 radical (unpaired) electrons. The summed E-state index contributed by atoms with van der Waals surface area (Å²) in [6.07, 6.45) is 2.32. The quantitative estimate of drug-likeness (QED) is 0.396. The number of amides is 1. The number of aliphatic carboxylic acids is 1. The van der Waals surface area contributed by atoms with E-state index in [1.807, 2.05) is 25.1 Å². The predicted octanol–water partition coefficient (Wildman–Crippen LogP) is 2.72. The van der Waals surface area contributed by atoms with Crippen molar-refractivity contribution >= 4 is 44.0 Å². The minimum absolute atomic E-state index is 0.0281. The van der Waals surface area contributed by atoms with E-state index in [-0.39, 0.29) is 23.1 Å². The van der Waals surface area contributed by atoms with Gasteiger partial charge < -0.3 is 24.6 Å². The highest BCUT2D eigenvalue weighted by Gasteiger charge is 2.32. The topological polar surface area (TPSA) is 141 Å². The van der Waals surface area contributed by atoms with Gasteiger partial charge in [-0.15, -0.1) is 0 Å². The summed E-state index contributed by atoms with van der Waals surface area (Å²) >= 11 is 0. The van der Waals surface area contributed by atoms with E-state index in [4.69, 9.17) is 14.2 Å². The molecule has 1 heterocycles. The smallest absolute Gasteiger partial charge is 0.326 e. The van der Waals surface area contributed by atoms with Crippen molar-refractivity contribution in [2.45, 2.75) is 31.9 Å². The van der Waals surface area contributed by atoms with Crippen LogP contribution in [0.2, 0.25) is 0 Å². The number of aliphatic imine (C=N–C) groups is 1. The van der Waals surface area contributed by atoms with Gasteiger partial charge in [0.25, 0.3) is 5.91 Å². The van der Waals surface area contributed by atoms with Crippen molar-refractivity contribution in [2.24, 2.45) is 4.99 Å². The fourth-order valence-corrected chi connectivity index (χ4v) is 5.37. The second-order valence-corrected chi connectivity index (χ2v) is 10.0. The molecule has 2 unspecified atom stereocenters. The lowest BCUT2D eigenvalue weighted by atomic mass is 9.88. The maximum Gasteiger partial charge on any atom is 0.326 e. The van der Waals surface area contributed by atoms with E-state index in [0.717, 1.165) is 16.7 Å². The molecular formula is C29H30N2O8S. The Labute approximate surface area is 233 Å². The summed E-state index contributed by atoms with van der Waals surface area (Å²) in [6.45, 7) is 3.02. The molecule has 1 amide bonds. The molecule has 1 aliphatic carbocycles. The van der Waals surface area contributed by atoms with Crippen molar-refractivity contribution in [3.8, 4) is 0 Å². The van der Waals surface area contributed by atoms with Gasteiger partial charge >= 0.3 is 5.97 Å². The summed E-state index contributed by atoms with van der Waals surface area (Å²) in [5, 5.41) is 12.2. The van der Waals surface area contributed by atoms with Crippen LogP contribution in [0.15, 0.2) is 70.9 Å². The van der Waals surface area contributed by atoms with E-state index in [1.54, 1.807) is 50.6 Å². The van der Waals surface area contributed by atoms with Gasteiger partial charge in [-0.2, -0.15) is 8.42 Å². The second-order valence-electron chi connectivity index (χ2n) is 9.16. The third-order valence-corrected chi connectivity index (χ3v) is 7.40. The molecule has 210 valence electrons. The normalized spacial score (nSPS) is 17.1. The lowest BCUT2D eigenvalue weighted by molar-refractivity contribution is -0.140. The van der Waals surface area contributed by atoms with Crippen molar-refractivity contribution in [1.82, 2.24) is 5.32 Å². The highest BCUT2D eigenvalue weighted by Crippen LogP contribution is 2.34. The first-order valence-corrected chi connectivity index (χ1v) is 13.7. The van der Waals surface area contributed by atoms with Gasteiger partial charge in [-0.05, 0) is 35.8 Å². The number of allylic oxidation sites excluding steroid dienone is 1. The monoisotopic (exact) mass is 566 g/mol. The molecule has 0 saturated heterocycles. The summed E-state index contributed by atoms with van der Waals surface area (Å²) in [4.78, 5) is 28.9. The van der Waals surface area contributed by atoms with Crippen LogP contribution in [0.3, 0.4) is 0 Å². The number of hydrogen-bond donors (Lipinski definition) is 2. The summed E-state index contributed by atoms with van der Waals surface area (Å²) < 4.78 is 40.7. The van der Waals surface area contributed by atoms with E-state index >= 15 is 0 Å². The van der Waals surface area contributed by atoms with Crippen LogP contribution in [0.25, 0.3) is 5.57 Å². The fraction of sp³-hybridized carbons (Fsp3) is 0.310. The van der Waals surface area contributed by atoms with Crippen LogP contribution in [0, 0.1) is 0 Å². The van der Waals surface area contributed by atoms with Gasteiger partial charge in [0, 0.05) is 37.7 Å². The molecule has 0 saturated carbocycles. The Morgan fingerprint density at radius 1 is 1.12 bits per heavy atom. The molecule has 40 heavy (non-hydrogen) atoms. The standard InChI is InChI=1S/C29H30N2O8S/c1-4-39-16-18-14-23(37-2)25(24(15-18)38-3)19-11-9-17(10-12-19)13-22(29(33)34)31-28(32)26-27(40(35)36)20-7-5-6-8-21(20)30-26/h5-12,14,22,24H,4,13,15-16H2,1-3H3,(H,31,32)(H,33,34). The largest absolute Gasteiger partial charge is 0.496 e. The number of hydrogen-bond acceptors (Lipinski definition) is 8. The van der Waals surface area contributed by atoms with Crippen LogP contribution in [-0.2, 0) is 40.5 Å². The Kier molecular flexibility index (Phi) is 9.30. The first-order valence-electron chi connectivity index (χ1n) is 12.6. The van der Waals surface area contributed by atoms with E-state index in [0.29, 0.717) is 42.2 Å². The van der Waals surface area contributed by atoms with Gasteiger partial charge in [0.15, 0.2) is 5.71 Å². The Bertz CT molecular complexity index is 1530. The SMILES string of the molecule is CCOCC1=CC(OC)=C(c2ccc(CC(NC(=O)C3=Nc4ccccc4C3=S(=O)=O)C(=O)O)cc2)C(OC)C1. The number of carboxylic acid groups (broad SMARTS) is 1. The average Bonchev–Trinajstić information content (AvgIpc) is 3.36. The predicted molar refractivity (Wildman–Crippen MR) is 150 cm³/mol. The molecule has 2 aliphatic rings. The van der Waals surface area contributed by atoms with Crippen molar-refractivity contribution in [3.05, 3.63) is 82.6 Å². The number of benzene rings is 2. The van der Waals surface area contributed by atoms with E-state index < -0.39 is 28.2 Å². The lowest BCUT2D eigenvalue weighted by Crippen LogP contribution is -2.46. The molecule has 11 heteroatoms. The van der Waals surface area contributed by atoms with Gasteiger partial charge in [0.1, 0.15) is 16.7 Å². The Balaban J connectivity index is 1.53. The number of para-hydroxylation sites is 1. The number of ether oxygens (including phenoxy) is 3. The van der Waals surface area contributed by atoms with Crippen LogP contribution in [0.4, 0.5) is 5.69 Å². The Morgan fingerprint density at radius 3 is 2.48 bits per heavy atom. The maximum absolute atomic E-state index is 13.0. The number of carbonyl (C=O) groups excluding carboxylic acids is 1. The van der Waals surface area contributed by atoms with Gasteiger partial charge in [-0.1, -0.05) is 42.5 Å². The van der Waals surface area contributed by atoms with Gasteiger partial charge in [-0.3, -0.25) is 4.79 Å². The van der Waals surface area contributed by atoms with Gasteiger partial charge in [-0.25, -0.2) is 9.79 Å². The first kappa shape index (κ1) is 28.9. The number of carboxylic acids is 1. The lowest BCUT2D eigenvalue weighted by Gasteiger charge is -2.27. The number of nitrogens with zero attached hydrogens (tertiary/aromatic N) is 1. The summed E-state index contributed by atoms with van der Waals surface area (Å²) in [5.41, 5.74) is 3.72. The molecule has 0 aromatic heterocycles. The zero-order chi connectivity index (χ0) is 28.8. The van der Waals surface area contributed by atoms with Gasteiger partial charge in [0.2, 0.25) is 10.3 Å². The number of fused-ring (bicyclic) bond motifs is 1. The molecule has 0 spiro atoms. The second kappa shape index (κ2) is 12.9. The summed E-state index contributed by atoms with van der Waals surface area (Å²) in [6, 6.07) is 12.4. The van der Waals surface area contributed by atoms with E-state index in [1.165, 1.54) is 0 Å². The Morgan fingerprint density at radius 2 is 1.85 bits per heavy atom. The molecule has 4 rings (SSSR count). The molecule has 2 aromatic rings. The van der Waals surface area contributed by atoms with Crippen molar-refractivity contribution < 1.29 is 37.3 Å². The molecular weight excluding hydrogens is 536 g/mol. The summed E-state index contributed by atoms with van der Waals surface area (Å²) in [5.74, 6) is -1.48. The molecule has 1 aliphatic heterocycles. The highest BCUT2D eigenvalue weighted by molar-refractivity contribution is 7.76. The van der Waals surface area contributed by atoms with Crippen LogP contribution < -0.4 is 5.32 Å². The van der Waals surface area contributed by atoms with Crippen molar-refractivity contribution in [2.75, 3.05) is 27.4 Å². The highest BCUT2D eigenvalue weighted by atomic mass is 32.2. The number of rotatable bonds is 11. The minimum Gasteiger partial charge on any atom is -0.496 e. The molecule has 10 nitrogen and oxygen atoms in total. The zero-order valence-electron chi connectivity index (χ0n) is 22.3. The number of methoxy groups -OCH3 is 2. The third kappa shape index (κ3) is 6.22. The van der Waals surface area contributed by atoms with Crippen molar-refractivity contribution in [1.29, 1.82) is 0 Å². The minimum atomic E-state index is -2.74.